The minimum Gasteiger partial charge on any atom is -0.379 e. The van der Waals surface area contributed by atoms with Crippen LogP contribution in [0.25, 0.3) is 0 Å². The highest BCUT2D eigenvalue weighted by molar-refractivity contribution is 5.75. The first kappa shape index (κ1) is 15.7. The van der Waals surface area contributed by atoms with Gasteiger partial charge in [0.05, 0.1) is 17.8 Å². The number of amides is 1. The van der Waals surface area contributed by atoms with Crippen molar-refractivity contribution in [2.45, 2.75) is 44.4 Å². The van der Waals surface area contributed by atoms with Crippen LogP contribution >= 0.6 is 0 Å². The summed E-state index contributed by atoms with van der Waals surface area (Å²) >= 11 is 0. The van der Waals surface area contributed by atoms with Crippen LogP contribution in [0.1, 0.15) is 25.7 Å². The number of hydrogen-bond donors (Lipinski definition) is 2. The largest absolute Gasteiger partial charge is 0.393 e. The number of nitrogens with one attached hydrogen (secondary N) is 2. The van der Waals surface area contributed by atoms with Crippen molar-refractivity contribution in [3.05, 3.63) is 12.4 Å². The lowest BCUT2D eigenvalue weighted by molar-refractivity contribution is -0.184. The number of carbonyl (C=O) groups excluding carboxylic acids is 1. The number of rotatable bonds is 4. The van der Waals surface area contributed by atoms with Crippen LogP contribution in [0.15, 0.2) is 12.4 Å². The molecule has 2 N–H and O–H groups in total. The van der Waals surface area contributed by atoms with E-state index < -0.39 is 18.1 Å². The van der Waals surface area contributed by atoms with E-state index in [0.717, 1.165) is 6.42 Å². The predicted octanol–water partition coefficient (Wildman–Crippen LogP) is 2.16. The van der Waals surface area contributed by atoms with E-state index in [1.807, 2.05) is 0 Å². The molecular weight excluding hydrogens is 285 g/mol. The second-order valence-electron chi connectivity index (χ2n) is 5.28. The number of likely N-dealkylation sites (N-methyl/N-ethyl adjacent to an activating group) is 1. The van der Waals surface area contributed by atoms with Crippen molar-refractivity contribution in [2.24, 2.45) is 5.92 Å². The number of halogens is 3. The minimum absolute atomic E-state index is 0.0472. The number of carbonyl (C=O) groups is 1. The third-order valence-electron chi connectivity index (χ3n) is 3.76. The van der Waals surface area contributed by atoms with E-state index in [2.05, 4.69) is 15.7 Å². The zero-order valence-electron chi connectivity index (χ0n) is 11.8. The van der Waals surface area contributed by atoms with Crippen LogP contribution in [0.3, 0.4) is 0 Å². The van der Waals surface area contributed by atoms with Crippen LogP contribution in [0.5, 0.6) is 0 Å². The van der Waals surface area contributed by atoms with Crippen molar-refractivity contribution in [1.29, 1.82) is 0 Å². The van der Waals surface area contributed by atoms with E-state index in [0.29, 0.717) is 18.5 Å². The summed E-state index contributed by atoms with van der Waals surface area (Å²) < 4.78 is 40.4. The molecule has 8 heteroatoms. The average Bonchev–Trinajstić information content (AvgIpc) is 2.85. The molecule has 2 rings (SSSR count). The van der Waals surface area contributed by atoms with E-state index in [4.69, 9.17) is 0 Å². The molecule has 1 fully saturated rings. The van der Waals surface area contributed by atoms with Gasteiger partial charge in [0, 0.05) is 19.3 Å². The molecule has 1 heterocycles. The summed E-state index contributed by atoms with van der Waals surface area (Å²) in [6.45, 7) is 0.0472. The third-order valence-corrected chi connectivity index (χ3v) is 3.76. The monoisotopic (exact) mass is 304 g/mol. The normalized spacial score (nSPS) is 22.9. The van der Waals surface area contributed by atoms with Crippen LogP contribution in [0.4, 0.5) is 18.9 Å². The molecule has 1 aliphatic rings. The van der Waals surface area contributed by atoms with Gasteiger partial charge in [-0.3, -0.25) is 9.48 Å². The van der Waals surface area contributed by atoms with E-state index in [1.54, 1.807) is 6.20 Å². The summed E-state index contributed by atoms with van der Waals surface area (Å²) in [5.41, 5.74) is 0.514. The maximum absolute atomic E-state index is 13.0. The Hall–Kier alpha value is -1.73. The van der Waals surface area contributed by atoms with Crippen LogP contribution in [0, 0.1) is 5.92 Å². The molecule has 1 aliphatic carbocycles. The van der Waals surface area contributed by atoms with E-state index in [-0.39, 0.29) is 18.9 Å². The van der Waals surface area contributed by atoms with Crippen LogP contribution in [-0.2, 0) is 11.3 Å². The molecule has 1 saturated carbocycles. The zero-order chi connectivity index (χ0) is 15.5. The van der Waals surface area contributed by atoms with Gasteiger partial charge in [0.2, 0.25) is 5.91 Å². The van der Waals surface area contributed by atoms with Gasteiger partial charge in [-0.2, -0.15) is 18.3 Å². The summed E-state index contributed by atoms with van der Waals surface area (Å²) in [4.78, 5) is 11.2. The summed E-state index contributed by atoms with van der Waals surface area (Å²) in [5.74, 6) is -1.54. The van der Waals surface area contributed by atoms with E-state index in [1.165, 1.54) is 17.9 Å². The predicted molar refractivity (Wildman–Crippen MR) is 71.7 cm³/mol. The number of alkyl halides is 3. The molecule has 0 radical (unpaired) electrons. The Bertz CT molecular complexity index is 486. The number of aromatic nitrogens is 2. The molecule has 2 unspecified atom stereocenters. The van der Waals surface area contributed by atoms with Gasteiger partial charge < -0.3 is 10.6 Å². The molecule has 21 heavy (non-hydrogen) atoms. The highest BCUT2D eigenvalue weighted by Gasteiger charge is 2.45. The Labute approximate surface area is 120 Å². The Morgan fingerprint density at radius 2 is 2.14 bits per heavy atom. The topological polar surface area (TPSA) is 59.0 Å². The van der Waals surface area contributed by atoms with E-state index >= 15 is 0 Å². The van der Waals surface area contributed by atoms with Crippen molar-refractivity contribution in [3.8, 4) is 0 Å². The van der Waals surface area contributed by atoms with Gasteiger partial charge in [0.25, 0.3) is 0 Å². The number of nitrogens with zero attached hydrogens (tertiary/aromatic N) is 2. The van der Waals surface area contributed by atoms with Gasteiger partial charge in [-0.05, 0) is 12.8 Å². The molecule has 1 aromatic rings. The molecule has 5 nitrogen and oxygen atoms in total. The van der Waals surface area contributed by atoms with Crippen molar-refractivity contribution in [2.75, 3.05) is 12.4 Å². The molecule has 118 valence electrons. The second kappa shape index (κ2) is 6.36. The van der Waals surface area contributed by atoms with Gasteiger partial charge in [0.1, 0.15) is 6.54 Å². The maximum atomic E-state index is 13.0. The van der Waals surface area contributed by atoms with Crippen molar-refractivity contribution < 1.29 is 18.0 Å². The van der Waals surface area contributed by atoms with Crippen LogP contribution in [0.2, 0.25) is 0 Å². The SMILES string of the molecule is CNC(=O)Cn1cc(NC2CCCCC2C(F)(F)F)cn1. The molecule has 0 spiro atoms. The Morgan fingerprint density at radius 1 is 1.43 bits per heavy atom. The molecular formula is C13H19F3N4O. The van der Waals surface area contributed by atoms with Gasteiger partial charge in [-0.15, -0.1) is 0 Å². The number of anilines is 1. The lowest BCUT2D eigenvalue weighted by atomic mass is 9.84. The van der Waals surface area contributed by atoms with Gasteiger partial charge in [0.15, 0.2) is 0 Å². The lowest BCUT2D eigenvalue weighted by Gasteiger charge is -2.33. The highest BCUT2D eigenvalue weighted by atomic mass is 19.4. The third kappa shape index (κ3) is 4.12. The van der Waals surface area contributed by atoms with Crippen molar-refractivity contribution >= 4 is 11.6 Å². The van der Waals surface area contributed by atoms with Gasteiger partial charge in [-0.1, -0.05) is 12.8 Å². The zero-order valence-corrected chi connectivity index (χ0v) is 11.8. The average molecular weight is 304 g/mol. The molecule has 0 saturated heterocycles. The molecule has 0 bridgehead atoms. The highest BCUT2D eigenvalue weighted by Crippen LogP contribution is 2.38. The molecule has 1 amide bonds. The molecule has 1 aromatic heterocycles. The standard InChI is InChI=1S/C13H19F3N4O/c1-17-12(21)8-20-7-9(6-18-20)19-11-5-3-2-4-10(11)13(14,15)16/h6-7,10-11,19H,2-5,8H2,1H3,(H,17,21). The second-order valence-corrected chi connectivity index (χ2v) is 5.28. The smallest absolute Gasteiger partial charge is 0.379 e. The van der Waals surface area contributed by atoms with Crippen molar-refractivity contribution in [1.82, 2.24) is 15.1 Å². The Balaban J connectivity index is 2.01. The van der Waals surface area contributed by atoms with Crippen molar-refractivity contribution in [3.63, 3.8) is 0 Å². The Kier molecular flexibility index (Phi) is 4.74. The summed E-state index contributed by atoms with van der Waals surface area (Å²) in [7, 11) is 1.51. The lowest BCUT2D eigenvalue weighted by Crippen LogP contribution is -2.41. The Morgan fingerprint density at radius 3 is 2.81 bits per heavy atom. The summed E-state index contributed by atoms with van der Waals surface area (Å²) in [5, 5.41) is 9.35. The van der Waals surface area contributed by atoms with E-state index in [9.17, 15) is 18.0 Å². The van der Waals surface area contributed by atoms with Crippen LogP contribution < -0.4 is 10.6 Å². The molecule has 2 atom stereocenters. The van der Waals surface area contributed by atoms with Crippen LogP contribution in [-0.4, -0.2) is 35.0 Å². The summed E-state index contributed by atoms with van der Waals surface area (Å²) in [6, 6.07) is -0.628. The quantitative estimate of drug-likeness (QED) is 0.896. The first-order valence-corrected chi connectivity index (χ1v) is 6.96. The molecule has 0 aromatic carbocycles. The van der Waals surface area contributed by atoms with Gasteiger partial charge in [-0.25, -0.2) is 0 Å². The first-order chi connectivity index (χ1) is 9.90. The molecule has 0 aliphatic heterocycles. The fourth-order valence-corrected chi connectivity index (χ4v) is 2.66. The first-order valence-electron chi connectivity index (χ1n) is 6.96. The number of hydrogen-bond acceptors (Lipinski definition) is 3. The minimum atomic E-state index is -4.18. The summed E-state index contributed by atoms with van der Waals surface area (Å²) in [6.07, 6.45) is 0.867. The van der Waals surface area contributed by atoms with Gasteiger partial charge >= 0.3 is 6.18 Å². The fourth-order valence-electron chi connectivity index (χ4n) is 2.66. The fraction of sp³-hybridized carbons (Fsp3) is 0.692. The maximum Gasteiger partial charge on any atom is 0.393 e.